The molecular weight excluding hydrogens is 422 g/mol. The summed E-state index contributed by atoms with van der Waals surface area (Å²) in [6.45, 7) is 11.1. The Morgan fingerprint density at radius 3 is 2.44 bits per heavy atom. The summed E-state index contributed by atoms with van der Waals surface area (Å²) < 4.78 is 1.71. The van der Waals surface area contributed by atoms with Crippen molar-refractivity contribution in [2.75, 3.05) is 6.54 Å². The lowest BCUT2D eigenvalue weighted by Gasteiger charge is -2.33. The maximum Gasteiger partial charge on any atom is 0.266 e. The minimum absolute atomic E-state index is 0.00106. The zero-order chi connectivity index (χ0) is 24.7. The van der Waals surface area contributed by atoms with E-state index >= 15 is 0 Å². The molecule has 3 rings (SSSR count). The van der Waals surface area contributed by atoms with Gasteiger partial charge in [-0.3, -0.25) is 14.2 Å². The van der Waals surface area contributed by atoms with E-state index in [1.807, 2.05) is 67.3 Å². The summed E-state index contributed by atoms with van der Waals surface area (Å²) in [6, 6.07) is 15.1. The zero-order valence-corrected chi connectivity index (χ0v) is 21.4. The predicted molar refractivity (Wildman–Crippen MR) is 140 cm³/mol. The molecule has 2 aromatic carbocycles. The second-order valence-electron chi connectivity index (χ2n) is 9.28. The molecule has 0 radical (unpaired) electrons. The van der Waals surface area contributed by atoms with Crippen LogP contribution in [-0.4, -0.2) is 26.9 Å². The molecule has 0 bridgehead atoms. The van der Waals surface area contributed by atoms with Gasteiger partial charge in [0.15, 0.2) is 0 Å². The molecular formula is C29H39N3O2. The van der Waals surface area contributed by atoms with Gasteiger partial charge in [0.2, 0.25) is 5.91 Å². The van der Waals surface area contributed by atoms with E-state index in [4.69, 9.17) is 4.98 Å². The van der Waals surface area contributed by atoms with E-state index in [1.54, 1.807) is 4.57 Å². The van der Waals surface area contributed by atoms with Crippen molar-refractivity contribution < 1.29 is 4.79 Å². The Labute approximate surface area is 203 Å². The molecule has 5 heteroatoms. The van der Waals surface area contributed by atoms with Crippen LogP contribution in [-0.2, 0) is 4.79 Å². The Bertz CT molecular complexity index is 1170. The molecule has 34 heavy (non-hydrogen) atoms. The van der Waals surface area contributed by atoms with Crippen LogP contribution < -0.4 is 5.56 Å². The summed E-state index contributed by atoms with van der Waals surface area (Å²) in [4.78, 5) is 34.4. The number of carbonyl (C=O) groups excluding carboxylic acids is 1. The summed E-state index contributed by atoms with van der Waals surface area (Å²) in [5, 5.41) is 0.584. The summed E-state index contributed by atoms with van der Waals surface area (Å²) in [5.74, 6) is 0.790. The fourth-order valence-electron chi connectivity index (χ4n) is 4.60. The van der Waals surface area contributed by atoms with Crippen molar-refractivity contribution in [1.29, 1.82) is 0 Å². The van der Waals surface area contributed by atoms with Gasteiger partial charge in [0.1, 0.15) is 5.82 Å². The van der Waals surface area contributed by atoms with Crippen LogP contribution in [0, 0.1) is 12.8 Å². The van der Waals surface area contributed by atoms with Crippen molar-refractivity contribution in [3.63, 3.8) is 0 Å². The molecule has 5 nitrogen and oxygen atoms in total. The molecule has 0 fully saturated rings. The monoisotopic (exact) mass is 461 g/mol. The number of hydrogen-bond donors (Lipinski definition) is 0. The maximum absolute atomic E-state index is 13.8. The number of amides is 1. The Morgan fingerprint density at radius 1 is 1.03 bits per heavy atom. The van der Waals surface area contributed by atoms with Gasteiger partial charge in [0.05, 0.1) is 22.6 Å². The second-order valence-corrected chi connectivity index (χ2v) is 9.28. The summed E-state index contributed by atoms with van der Waals surface area (Å²) in [7, 11) is 0. The first kappa shape index (κ1) is 25.7. The summed E-state index contributed by atoms with van der Waals surface area (Å²) in [5.41, 5.74) is 2.42. The van der Waals surface area contributed by atoms with E-state index in [-0.39, 0.29) is 23.4 Å². The van der Waals surface area contributed by atoms with Crippen LogP contribution >= 0.6 is 0 Å². The van der Waals surface area contributed by atoms with Crippen molar-refractivity contribution in [3.8, 4) is 5.69 Å². The van der Waals surface area contributed by atoms with Gasteiger partial charge in [0.25, 0.3) is 5.56 Å². The average Bonchev–Trinajstić information content (AvgIpc) is 2.84. The highest BCUT2D eigenvalue weighted by Crippen LogP contribution is 2.27. The standard InChI is InChI=1S/C29H39N3O2/c1-6-9-15-23(8-3)28(33)31(19-10-7-2)22(5)27-30-26-18-12-11-17-25(26)29(34)32(27)24-16-13-14-21(4)20-24/h11-14,16-18,20,22-23H,6-10,15,19H2,1-5H3. The number of rotatable bonds is 11. The fourth-order valence-corrected chi connectivity index (χ4v) is 4.60. The van der Waals surface area contributed by atoms with Crippen LogP contribution in [0.3, 0.4) is 0 Å². The molecule has 1 heterocycles. The number of aromatic nitrogens is 2. The Morgan fingerprint density at radius 2 is 1.76 bits per heavy atom. The van der Waals surface area contributed by atoms with E-state index in [2.05, 4.69) is 20.8 Å². The van der Waals surface area contributed by atoms with Crippen molar-refractivity contribution in [1.82, 2.24) is 14.5 Å². The maximum atomic E-state index is 13.8. The number of hydrogen-bond acceptors (Lipinski definition) is 3. The minimum atomic E-state index is -0.326. The van der Waals surface area contributed by atoms with Crippen LogP contribution in [0.25, 0.3) is 16.6 Å². The zero-order valence-electron chi connectivity index (χ0n) is 21.4. The van der Waals surface area contributed by atoms with Crippen LogP contribution in [0.1, 0.15) is 83.6 Å². The number of fused-ring (bicyclic) bond motifs is 1. The van der Waals surface area contributed by atoms with E-state index in [1.165, 1.54) is 0 Å². The molecule has 0 N–H and O–H groups in total. The molecule has 182 valence electrons. The van der Waals surface area contributed by atoms with Gasteiger partial charge in [-0.2, -0.15) is 0 Å². The van der Waals surface area contributed by atoms with Crippen molar-refractivity contribution in [3.05, 3.63) is 70.3 Å². The third kappa shape index (κ3) is 5.57. The van der Waals surface area contributed by atoms with Crippen LogP contribution in [0.4, 0.5) is 0 Å². The molecule has 2 atom stereocenters. The third-order valence-electron chi connectivity index (χ3n) is 6.69. The Kier molecular flexibility index (Phi) is 9.03. The molecule has 2 unspecified atom stereocenters. The number of aryl methyl sites for hydroxylation is 1. The van der Waals surface area contributed by atoms with E-state index in [9.17, 15) is 9.59 Å². The third-order valence-corrected chi connectivity index (χ3v) is 6.69. The smallest absolute Gasteiger partial charge is 0.266 e. The van der Waals surface area contributed by atoms with E-state index < -0.39 is 0 Å². The highest BCUT2D eigenvalue weighted by Gasteiger charge is 2.30. The van der Waals surface area contributed by atoms with E-state index in [0.29, 0.717) is 23.3 Å². The molecule has 0 aliphatic carbocycles. The second kappa shape index (κ2) is 12.0. The lowest BCUT2D eigenvalue weighted by atomic mass is 9.96. The van der Waals surface area contributed by atoms with Gasteiger partial charge >= 0.3 is 0 Å². The van der Waals surface area contributed by atoms with Crippen LogP contribution in [0.15, 0.2) is 53.3 Å². The van der Waals surface area contributed by atoms with Gasteiger partial charge in [-0.15, -0.1) is 0 Å². The highest BCUT2D eigenvalue weighted by molar-refractivity contribution is 5.80. The minimum Gasteiger partial charge on any atom is -0.333 e. The summed E-state index contributed by atoms with van der Waals surface area (Å²) in [6.07, 6.45) is 5.76. The van der Waals surface area contributed by atoms with Crippen molar-refractivity contribution >= 4 is 16.8 Å². The molecule has 0 saturated carbocycles. The predicted octanol–water partition coefficient (Wildman–Crippen LogP) is 6.60. The van der Waals surface area contributed by atoms with Crippen molar-refractivity contribution in [2.45, 2.75) is 79.2 Å². The molecule has 3 aromatic rings. The van der Waals surface area contributed by atoms with Crippen molar-refractivity contribution in [2.24, 2.45) is 5.92 Å². The lowest BCUT2D eigenvalue weighted by molar-refractivity contribution is -0.138. The number of unbranched alkanes of at least 4 members (excludes halogenated alkanes) is 2. The SMILES string of the molecule is CCCCC(CC)C(=O)N(CCCC)C(C)c1nc2ccccc2c(=O)n1-c1cccc(C)c1. The van der Waals surface area contributed by atoms with Gasteiger partial charge in [0, 0.05) is 12.5 Å². The quantitative estimate of drug-likeness (QED) is 0.323. The lowest BCUT2D eigenvalue weighted by Crippen LogP contribution is -2.41. The average molecular weight is 462 g/mol. The first-order chi connectivity index (χ1) is 16.4. The highest BCUT2D eigenvalue weighted by atomic mass is 16.2. The molecule has 0 aliphatic heterocycles. The molecule has 0 spiro atoms. The molecule has 0 aliphatic rings. The van der Waals surface area contributed by atoms with Gasteiger partial charge in [-0.1, -0.05) is 64.3 Å². The number of benzene rings is 2. The fraction of sp³-hybridized carbons (Fsp3) is 0.483. The van der Waals surface area contributed by atoms with Gasteiger partial charge < -0.3 is 4.90 Å². The number of nitrogens with zero attached hydrogens (tertiary/aromatic N) is 3. The molecule has 1 amide bonds. The molecule has 0 saturated heterocycles. The first-order valence-corrected chi connectivity index (χ1v) is 12.8. The van der Waals surface area contributed by atoms with Gasteiger partial charge in [-0.25, -0.2) is 4.98 Å². The first-order valence-electron chi connectivity index (χ1n) is 12.8. The Hall–Kier alpha value is -2.95. The van der Waals surface area contributed by atoms with Crippen LogP contribution in [0.5, 0.6) is 0 Å². The van der Waals surface area contributed by atoms with E-state index in [0.717, 1.165) is 49.8 Å². The van der Waals surface area contributed by atoms with Crippen LogP contribution in [0.2, 0.25) is 0 Å². The number of para-hydroxylation sites is 1. The van der Waals surface area contributed by atoms with Gasteiger partial charge in [-0.05, 0) is 62.9 Å². The topological polar surface area (TPSA) is 55.2 Å². The normalized spacial score (nSPS) is 13.1. The largest absolute Gasteiger partial charge is 0.333 e. The number of carbonyl (C=O) groups is 1. The summed E-state index contributed by atoms with van der Waals surface area (Å²) >= 11 is 0. The Balaban J connectivity index is 2.17. The molecule has 1 aromatic heterocycles.